The first-order valence-corrected chi connectivity index (χ1v) is 7.63. The van der Waals surface area contributed by atoms with E-state index in [0.717, 1.165) is 5.82 Å². The zero-order valence-electron chi connectivity index (χ0n) is 8.81. The Labute approximate surface area is 117 Å². The van der Waals surface area contributed by atoms with Crippen LogP contribution in [0.3, 0.4) is 0 Å². The molecular weight excluding hydrogens is 381 g/mol. The van der Waals surface area contributed by atoms with Gasteiger partial charge in [0.05, 0.1) is 3.57 Å². The lowest BCUT2D eigenvalue weighted by Gasteiger charge is -2.38. The second-order valence-electron chi connectivity index (χ2n) is 4.56. The number of aromatic nitrogens is 2. The normalized spacial score (nSPS) is 33.1. The molecule has 0 aromatic carbocycles. The predicted octanol–water partition coefficient (Wildman–Crippen LogP) is 2.98. The molecule has 0 spiro atoms. The number of rotatable bonds is 1. The van der Waals surface area contributed by atoms with Crippen molar-refractivity contribution in [1.29, 1.82) is 0 Å². The minimum Gasteiger partial charge on any atom is -0.350 e. The molecule has 16 heavy (non-hydrogen) atoms. The van der Waals surface area contributed by atoms with Crippen LogP contribution >= 0.6 is 38.5 Å². The van der Waals surface area contributed by atoms with Crippen molar-refractivity contribution >= 4 is 44.3 Å². The van der Waals surface area contributed by atoms with E-state index in [1.165, 1.54) is 29.3 Å². The summed E-state index contributed by atoms with van der Waals surface area (Å²) in [6.07, 6.45) is 8.69. The molecule has 5 heteroatoms. The average Bonchev–Trinajstić information content (AvgIpc) is 2.53. The lowest BCUT2D eigenvalue weighted by molar-refractivity contribution is 0.478. The van der Waals surface area contributed by atoms with E-state index in [4.69, 9.17) is 0 Å². The van der Waals surface area contributed by atoms with Gasteiger partial charge in [-0.05, 0) is 48.3 Å². The molecule has 3 heterocycles. The molecule has 0 aliphatic carbocycles. The van der Waals surface area contributed by atoms with Crippen molar-refractivity contribution in [1.82, 2.24) is 9.97 Å². The third kappa shape index (κ3) is 1.85. The molecule has 3 rings (SSSR count). The molecule has 1 aromatic rings. The topological polar surface area (TPSA) is 29.0 Å². The molecule has 0 N–H and O–H groups in total. The summed E-state index contributed by atoms with van der Waals surface area (Å²) < 4.78 is 1.17. The number of alkyl halides is 1. The quantitative estimate of drug-likeness (QED) is 0.542. The molecule has 3 nitrogen and oxygen atoms in total. The summed E-state index contributed by atoms with van der Waals surface area (Å²) >= 11 is 6.10. The summed E-state index contributed by atoms with van der Waals surface area (Å²) in [6, 6.07) is 1.35. The zero-order valence-corrected chi connectivity index (χ0v) is 12.6. The first kappa shape index (κ1) is 11.2. The minimum atomic E-state index is 0.673. The highest BCUT2D eigenvalue weighted by Crippen LogP contribution is 2.41. The molecule has 2 fully saturated rings. The van der Waals surface area contributed by atoms with Crippen molar-refractivity contribution in [3.8, 4) is 0 Å². The van der Waals surface area contributed by atoms with Gasteiger partial charge >= 0.3 is 0 Å². The summed E-state index contributed by atoms with van der Waals surface area (Å²) in [5.74, 6) is 1.14. The molecule has 2 unspecified atom stereocenters. The van der Waals surface area contributed by atoms with E-state index in [1.807, 2.05) is 6.20 Å². The first-order chi connectivity index (χ1) is 7.75. The SMILES string of the molecule is BrC1CC2CCC(C1)N2c1ncncc1I. The Kier molecular flexibility index (Phi) is 3.08. The molecule has 2 aliphatic heterocycles. The smallest absolute Gasteiger partial charge is 0.145 e. The summed E-state index contributed by atoms with van der Waals surface area (Å²) in [6.45, 7) is 0. The fourth-order valence-corrected chi connectivity index (χ4v) is 4.39. The van der Waals surface area contributed by atoms with Crippen LogP contribution in [0.25, 0.3) is 0 Å². The van der Waals surface area contributed by atoms with Gasteiger partial charge in [0.15, 0.2) is 0 Å². The van der Waals surface area contributed by atoms with Crippen LogP contribution in [0, 0.1) is 3.57 Å². The van der Waals surface area contributed by atoms with Gasteiger partial charge in [-0.3, -0.25) is 0 Å². The van der Waals surface area contributed by atoms with Gasteiger partial charge in [0, 0.05) is 23.1 Å². The lowest BCUT2D eigenvalue weighted by Crippen LogP contribution is -2.44. The highest BCUT2D eigenvalue weighted by molar-refractivity contribution is 14.1. The molecule has 2 atom stereocenters. The second kappa shape index (κ2) is 4.40. The number of nitrogens with zero attached hydrogens (tertiary/aromatic N) is 3. The highest BCUT2D eigenvalue weighted by atomic mass is 127. The Morgan fingerprint density at radius 2 is 2.00 bits per heavy atom. The number of hydrogen-bond acceptors (Lipinski definition) is 3. The molecule has 0 saturated carbocycles. The molecule has 2 aliphatic rings. The van der Waals surface area contributed by atoms with Gasteiger partial charge in [-0.2, -0.15) is 0 Å². The van der Waals surface area contributed by atoms with Gasteiger partial charge in [0.25, 0.3) is 0 Å². The van der Waals surface area contributed by atoms with Crippen LogP contribution in [0.4, 0.5) is 5.82 Å². The van der Waals surface area contributed by atoms with Gasteiger partial charge < -0.3 is 4.90 Å². The van der Waals surface area contributed by atoms with Crippen LogP contribution in [0.15, 0.2) is 12.5 Å². The van der Waals surface area contributed by atoms with Gasteiger partial charge in [-0.25, -0.2) is 9.97 Å². The van der Waals surface area contributed by atoms with Crippen molar-refractivity contribution < 1.29 is 0 Å². The monoisotopic (exact) mass is 393 g/mol. The lowest BCUT2D eigenvalue weighted by atomic mass is 10.0. The van der Waals surface area contributed by atoms with Crippen molar-refractivity contribution in [2.75, 3.05) is 4.90 Å². The first-order valence-electron chi connectivity index (χ1n) is 5.63. The molecule has 0 radical (unpaired) electrons. The van der Waals surface area contributed by atoms with E-state index in [2.05, 4.69) is 53.4 Å². The molecular formula is C11H13BrIN3. The number of hydrogen-bond donors (Lipinski definition) is 0. The Hall–Kier alpha value is 0.0900. The van der Waals surface area contributed by atoms with Crippen molar-refractivity contribution in [2.45, 2.75) is 42.6 Å². The summed E-state index contributed by atoms with van der Waals surface area (Å²) in [7, 11) is 0. The maximum Gasteiger partial charge on any atom is 0.145 e. The van der Waals surface area contributed by atoms with E-state index in [9.17, 15) is 0 Å². The fraction of sp³-hybridized carbons (Fsp3) is 0.636. The third-order valence-corrected chi connectivity index (χ3v) is 5.08. The number of piperidine rings is 1. The van der Waals surface area contributed by atoms with Gasteiger partial charge in [0.1, 0.15) is 12.1 Å². The van der Waals surface area contributed by atoms with Crippen LogP contribution < -0.4 is 4.90 Å². The number of anilines is 1. The van der Waals surface area contributed by atoms with Gasteiger partial charge in [-0.1, -0.05) is 15.9 Å². The molecule has 2 bridgehead atoms. The van der Waals surface area contributed by atoms with Gasteiger partial charge in [0.2, 0.25) is 0 Å². The Morgan fingerprint density at radius 3 is 2.62 bits per heavy atom. The van der Waals surface area contributed by atoms with Crippen LogP contribution in [-0.2, 0) is 0 Å². The van der Waals surface area contributed by atoms with Crippen molar-refractivity contribution in [3.63, 3.8) is 0 Å². The molecule has 1 aromatic heterocycles. The Bertz CT molecular complexity index is 387. The largest absolute Gasteiger partial charge is 0.350 e. The van der Waals surface area contributed by atoms with Crippen molar-refractivity contribution in [2.24, 2.45) is 0 Å². The maximum absolute atomic E-state index is 4.46. The van der Waals surface area contributed by atoms with E-state index >= 15 is 0 Å². The zero-order chi connectivity index (χ0) is 11.1. The fourth-order valence-electron chi connectivity index (χ4n) is 2.95. The summed E-state index contributed by atoms with van der Waals surface area (Å²) in [5.41, 5.74) is 0. The van der Waals surface area contributed by atoms with E-state index in [0.29, 0.717) is 16.9 Å². The Balaban J connectivity index is 1.94. The standard InChI is InChI=1S/C11H13BrIN3/c12-7-3-8-1-2-9(4-7)16(8)11-10(13)5-14-6-15-11/h5-9H,1-4H2. The van der Waals surface area contributed by atoms with E-state index < -0.39 is 0 Å². The van der Waals surface area contributed by atoms with Gasteiger partial charge in [-0.15, -0.1) is 0 Å². The predicted molar refractivity (Wildman–Crippen MR) is 76.0 cm³/mol. The minimum absolute atomic E-state index is 0.673. The van der Waals surface area contributed by atoms with E-state index in [1.54, 1.807) is 6.33 Å². The summed E-state index contributed by atoms with van der Waals surface area (Å²) in [5, 5.41) is 0. The van der Waals surface area contributed by atoms with E-state index in [-0.39, 0.29) is 0 Å². The average molecular weight is 394 g/mol. The number of halogens is 2. The molecule has 2 saturated heterocycles. The van der Waals surface area contributed by atoms with Crippen LogP contribution in [0.5, 0.6) is 0 Å². The van der Waals surface area contributed by atoms with Crippen molar-refractivity contribution in [3.05, 3.63) is 16.1 Å². The molecule has 86 valence electrons. The second-order valence-corrected chi connectivity index (χ2v) is 7.01. The van der Waals surface area contributed by atoms with Crippen LogP contribution in [-0.4, -0.2) is 26.9 Å². The third-order valence-electron chi connectivity index (χ3n) is 3.57. The van der Waals surface area contributed by atoms with Crippen LogP contribution in [0.1, 0.15) is 25.7 Å². The Morgan fingerprint density at radius 1 is 1.31 bits per heavy atom. The summed E-state index contributed by atoms with van der Waals surface area (Å²) in [4.78, 5) is 11.8. The molecule has 0 amide bonds. The number of fused-ring (bicyclic) bond motifs is 2. The highest BCUT2D eigenvalue weighted by Gasteiger charge is 2.41. The maximum atomic E-state index is 4.46. The van der Waals surface area contributed by atoms with Crippen LogP contribution in [0.2, 0.25) is 0 Å².